The molecule has 3 aliphatic heterocycles. The molecule has 2 fully saturated rings. The minimum Gasteiger partial charge on any atom is -0.444 e. The van der Waals surface area contributed by atoms with E-state index in [0.29, 0.717) is 6.42 Å². The third kappa shape index (κ3) is 5.72. The largest absolute Gasteiger partial charge is 0.444 e. The third-order valence-electron chi connectivity index (χ3n) is 6.90. The number of nitrogens with one attached hydrogen (secondary N) is 1. The number of amides is 2. The first-order valence-electron chi connectivity index (χ1n) is 11.9. The quantitative estimate of drug-likeness (QED) is 0.751. The van der Waals surface area contributed by atoms with Crippen LogP contribution in [-0.4, -0.2) is 48.7 Å². The second-order valence-electron chi connectivity index (χ2n) is 10.5. The van der Waals surface area contributed by atoms with Crippen molar-refractivity contribution in [2.45, 2.75) is 71.3 Å². The molecule has 2 saturated heterocycles. The van der Waals surface area contributed by atoms with Gasteiger partial charge in [-0.3, -0.25) is 4.79 Å². The van der Waals surface area contributed by atoms with E-state index in [1.165, 1.54) is 30.5 Å². The number of hydrogen-bond donors (Lipinski definition) is 1. The molecule has 0 aliphatic carbocycles. The van der Waals surface area contributed by atoms with E-state index < -0.39 is 5.60 Å². The molecule has 0 aromatic heterocycles. The van der Waals surface area contributed by atoms with Gasteiger partial charge in [-0.15, -0.1) is 0 Å². The van der Waals surface area contributed by atoms with Gasteiger partial charge in [0, 0.05) is 44.0 Å². The molecule has 4 rings (SSSR count). The summed E-state index contributed by atoms with van der Waals surface area (Å²) in [4.78, 5) is 28.2. The molecule has 31 heavy (non-hydrogen) atoms. The number of carbonyl (C=O) groups excluding carboxylic acids is 2. The maximum Gasteiger partial charge on any atom is 0.410 e. The van der Waals surface area contributed by atoms with Gasteiger partial charge in [-0.25, -0.2) is 4.79 Å². The normalized spacial score (nSPS) is 20.9. The number of likely N-dealkylation sites (tertiary alicyclic amines) is 1. The minimum absolute atomic E-state index is 0.123. The summed E-state index contributed by atoms with van der Waals surface area (Å²) in [5, 5.41) is 2.97. The number of anilines is 2. The fourth-order valence-electron chi connectivity index (χ4n) is 5.14. The maximum absolute atomic E-state index is 12.3. The van der Waals surface area contributed by atoms with Crippen molar-refractivity contribution in [3.63, 3.8) is 0 Å². The highest BCUT2D eigenvalue weighted by Crippen LogP contribution is 2.33. The lowest BCUT2D eigenvalue weighted by molar-refractivity contribution is -0.116. The topological polar surface area (TPSA) is 61.9 Å². The summed E-state index contributed by atoms with van der Waals surface area (Å²) in [6.45, 7) is 9.62. The second kappa shape index (κ2) is 9.09. The number of nitrogens with zero attached hydrogens (tertiary/aromatic N) is 2. The van der Waals surface area contributed by atoms with Crippen LogP contribution in [0, 0.1) is 11.8 Å². The monoisotopic (exact) mass is 427 g/mol. The summed E-state index contributed by atoms with van der Waals surface area (Å²) in [7, 11) is 0. The van der Waals surface area contributed by atoms with Gasteiger partial charge in [0.1, 0.15) is 5.60 Å². The van der Waals surface area contributed by atoms with E-state index in [1.807, 2.05) is 25.7 Å². The number of benzene rings is 1. The molecular formula is C25H37N3O3. The average molecular weight is 428 g/mol. The number of piperidine rings is 2. The highest BCUT2D eigenvalue weighted by Gasteiger charge is 2.29. The lowest BCUT2D eigenvalue weighted by Gasteiger charge is -2.38. The smallest absolute Gasteiger partial charge is 0.410 e. The zero-order valence-corrected chi connectivity index (χ0v) is 19.3. The fraction of sp³-hybridized carbons (Fsp3) is 0.680. The number of carbonyl (C=O) groups is 2. The Balaban J connectivity index is 1.22. The summed E-state index contributed by atoms with van der Waals surface area (Å²) in [5.41, 5.74) is 3.11. The minimum atomic E-state index is -0.423. The first-order valence-corrected chi connectivity index (χ1v) is 11.9. The molecular weight excluding hydrogens is 390 g/mol. The van der Waals surface area contributed by atoms with Crippen LogP contribution in [0.2, 0.25) is 0 Å². The number of ether oxygens (including phenoxy) is 1. The van der Waals surface area contributed by atoms with E-state index in [-0.39, 0.29) is 12.0 Å². The molecule has 1 N–H and O–H groups in total. The molecule has 0 unspecified atom stereocenters. The number of hydrogen-bond acceptors (Lipinski definition) is 4. The highest BCUT2D eigenvalue weighted by molar-refractivity contribution is 5.94. The van der Waals surface area contributed by atoms with Crippen LogP contribution in [0.1, 0.15) is 64.9 Å². The van der Waals surface area contributed by atoms with Gasteiger partial charge in [0.2, 0.25) is 5.91 Å². The molecule has 3 aliphatic rings. The Labute approximate surface area is 186 Å². The van der Waals surface area contributed by atoms with Gasteiger partial charge < -0.3 is 19.9 Å². The molecule has 1 aromatic rings. The molecule has 6 nitrogen and oxygen atoms in total. The van der Waals surface area contributed by atoms with Gasteiger partial charge in [0.15, 0.2) is 0 Å². The Hall–Kier alpha value is -2.24. The summed E-state index contributed by atoms with van der Waals surface area (Å²) in [5.74, 6) is 1.63. The van der Waals surface area contributed by atoms with Crippen molar-refractivity contribution < 1.29 is 14.3 Å². The van der Waals surface area contributed by atoms with Crippen LogP contribution in [0.4, 0.5) is 16.2 Å². The van der Waals surface area contributed by atoms with Gasteiger partial charge in [0.25, 0.3) is 0 Å². The molecule has 0 spiro atoms. The first-order chi connectivity index (χ1) is 14.8. The van der Waals surface area contributed by atoms with E-state index in [0.717, 1.165) is 63.0 Å². The van der Waals surface area contributed by atoms with Gasteiger partial charge in [-0.2, -0.15) is 0 Å². The number of fused-ring (bicyclic) bond motifs is 1. The molecule has 0 atom stereocenters. The van der Waals surface area contributed by atoms with Crippen molar-refractivity contribution in [1.29, 1.82) is 0 Å². The maximum atomic E-state index is 12.3. The Kier molecular flexibility index (Phi) is 6.44. The average Bonchev–Trinajstić information content (AvgIpc) is 2.73. The standard InChI is InChI=1S/C25H37N3O3/c1-25(2,3)31-24(30)28-14-10-19(11-15-28)16-18-8-12-27(13-9-18)21-5-6-22-20(17-21)4-7-23(29)26-22/h5-6,17-19H,4,7-16H2,1-3H3,(H,26,29). The van der Waals surface area contributed by atoms with Crippen LogP contribution >= 0.6 is 0 Å². The lowest BCUT2D eigenvalue weighted by atomic mass is 9.82. The van der Waals surface area contributed by atoms with Crippen molar-refractivity contribution in [3.05, 3.63) is 23.8 Å². The van der Waals surface area contributed by atoms with E-state index in [1.54, 1.807) is 0 Å². The van der Waals surface area contributed by atoms with E-state index >= 15 is 0 Å². The van der Waals surface area contributed by atoms with E-state index in [2.05, 4.69) is 28.4 Å². The van der Waals surface area contributed by atoms with Crippen molar-refractivity contribution >= 4 is 23.4 Å². The van der Waals surface area contributed by atoms with Gasteiger partial charge >= 0.3 is 6.09 Å². The second-order valence-corrected chi connectivity index (χ2v) is 10.5. The van der Waals surface area contributed by atoms with Crippen molar-refractivity contribution in [2.24, 2.45) is 11.8 Å². The molecule has 170 valence electrons. The summed E-state index contributed by atoms with van der Waals surface area (Å²) in [6, 6.07) is 6.48. The molecule has 2 amide bonds. The summed E-state index contributed by atoms with van der Waals surface area (Å²) in [6.07, 6.45) is 7.21. The van der Waals surface area contributed by atoms with Crippen molar-refractivity contribution in [2.75, 3.05) is 36.4 Å². The Morgan fingerprint density at radius 1 is 1.03 bits per heavy atom. The van der Waals surface area contributed by atoms with Crippen LogP contribution < -0.4 is 10.2 Å². The van der Waals surface area contributed by atoms with Crippen LogP contribution in [0.3, 0.4) is 0 Å². The van der Waals surface area contributed by atoms with Crippen LogP contribution in [-0.2, 0) is 16.0 Å². The summed E-state index contributed by atoms with van der Waals surface area (Å²) < 4.78 is 5.52. The molecule has 6 heteroatoms. The van der Waals surface area contributed by atoms with Crippen LogP contribution in [0.5, 0.6) is 0 Å². The molecule has 0 saturated carbocycles. The Morgan fingerprint density at radius 2 is 1.68 bits per heavy atom. The number of aryl methyl sites for hydroxylation is 1. The highest BCUT2D eigenvalue weighted by atomic mass is 16.6. The van der Waals surface area contributed by atoms with Gasteiger partial charge in [-0.05, 0) is 94.9 Å². The lowest BCUT2D eigenvalue weighted by Crippen LogP contribution is -2.42. The predicted molar refractivity (Wildman–Crippen MR) is 123 cm³/mol. The Bertz CT molecular complexity index is 801. The Morgan fingerprint density at radius 3 is 2.32 bits per heavy atom. The zero-order chi connectivity index (χ0) is 22.0. The summed E-state index contributed by atoms with van der Waals surface area (Å²) >= 11 is 0. The van der Waals surface area contributed by atoms with E-state index in [4.69, 9.17) is 4.74 Å². The van der Waals surface area contributed by atoms with Gasteiger partial charge in [0.05, 0.1) is 0 Å². The number of rotatable bonds is 3. The van der Waals surface area contributed by atoms with E-state index in [9.17, 15) is 9.59 Å². The SMILES string of the molecule is CC(C)(C)OC(=O)N1CCC(CC2CCN(c3ccc4c(c3)CCC(=O)N4)CC2)CC1. The van der Waals surface area contributed by atoms with Crippen LogP contribution in [0.25, 0.3) is 0 Å². The molecule has 1 aromatic carbocycles. The van der Waals surface area contributed by atoms with Gasteiger partial charge in [-0.1, -0.05) is 0 Å². The van der Waals surface area contributed by atoms with Crippen molar-refractivity contribution in [3.8, 4) is 0 Å². The molecule has 0 bridgehead atoms. The fourth-order valence-corrected chi connectivity index (χ4v) is 5.14. The molecule has 3 heterocycles. The third-order valence-corrected chi connectivity index (χ3v) is 6.90. The first kappa shape index (κ1) is 22.0. The predicted octanol–water partition coefficient (Wildman–Crippen LogP) is 4.82. The molecule has 0 radical (unpaired) electrons. The zero-order valence-electron chi connectivity index (χ0n) is 19.3. The van der Waals surface area contributed by atoms with Crippen LogP contribution in [0.15, 0.2) is 18.2 Å². The van der Waals surface area contributed by atoms with Crippen molar-refractivity contribution in [1.82, 2.24) is 4.90 Å².